The number of nitrogens with zero attached hydrogens (tertiary/aromatic N) is 1. The number of rotatable bonds is 3. The molecule has 2 aliphatic carbocycles. The van der Waals surface area contributed by atoms with Crippen LogP contribution in [0.3, 0.4) is 0 Å². The van der Waals surface area contributed by atoms with Crippen LogP contribution in [0.1, 0.15) is 46.5 Å². The molecule has 2 rings (SSSR count). The van der Waals surface area contributed by atoms with E-state index in [1.54, 1.807) is 0 Å². The molecule has 2 fully saturated rings. The minimum atomic E-state index is -0.131. The largest absolute Gasteiger partial charge is 0.298 e. The Morgan fingerprint density at radius 1 is 1.47 bits per heavy atom. The van der Waals surface area contributed by atoms with Crippen molar-refractivity contribution < 1.29 is 4.79 Å². The van der Waals surface area contributed by atoms with Gasteiger partial charge in [0.25, 0.3) is 0 Å². The highest BCUT2D eigenvalue weighted by molar-refractivity contribution is 5.93. The third-order valence-electron chi connectivity index (χ3n) is 5.04. The second-order valence-electron chi connectivity index (χ2n) is 5.87. The minimum absolute atomic E-state index is 0.131. The van der Waals surface area contributed by atoms with E-state index in [-0.39, 0.29) is 11.0 Å². The van der Waals surface area contributed by atoms with E-state index in [0.29, 0.717) is 11.7 Å². The lowest BCUT2D eigenvalue weighted by atomic mass is 9.75. The van der Waals surface area contributed by atoms with Crippen molar-refractivity contribution >= 4 is 5.78 Å². The summed E-state index contributed by atoms with van der Waals surface area (Å²) in [5.74, 6) is 1.13. The summed E-state index contributed by atoms with van der Waals surface area (Å²) >= 11 is 0. The van der Waals surface area contributed by atoms with Gasteiger partial charge in [-0.05, 0) is 44.2 Å². The van der Waals surface area contributed by atoms with Crippen molar-refractivity contribution in [1.29, 1.82) is 0 Å². The molecular weight excluding hydrogens is 186 g/mol. The third-order valence-corrected chi connectivity index (χ3v) is 5.04. The van der Waals surface area contributed by atoms with Gasteiger partial charge >= 0.3 is 0 Å². The molecule has 2 nitrogen and oxygen atoms in total. The van der Waals surface area contributed by atoms with E-state index in [1.165, 1.54) is 6.42 Å². The molecule has 2 heteroatoms. The number of Topliss-reactive ketones (excluding diaryl/α,β-unsaturated/α-hetero) is 1. The first-order valence-corrected chi connectivity index (χ1v) is 6.21. The van der Waals surface area contributed by atoms with Crippen molar-refractivity contribution in [3.05, 3.63) is 0 Å². The number of ketones is 1. The maximum absolute atomic E-state index is 12.2. The fourth-order valence-corrected chi connectivity index (χ4v) is 4.07. The quantitative estimate of drug-likeness (QED) is 0.711. The smallest absolute Gasteiger partial charge is 0.153 e. The van der Waals surface area contributed by atoms with Gasteiger partial charge in [-0.1, -0.05) is 20.8 Å². The lowest BCUT2D eigenvalue weighted by Crippen LogP contribution is -2.56. The molecule has 2 unspecified atom stereocenters. The first-order chi connectivity index (χ1) is 6.96. The van der Waals surface area contributed by atoms with Crippen LogP contribution in [0, 0.1) is 11.3 Å². The van der Waals surface area contributed by atoms with E-state index < -0.39 is 0 Å². The zero-order chi connectivity index (χ0) is 11.3. The normalized spacial score (nSPS) is 37.9. The van der Waals surface area contributed by atoms with Crippen LogP contribution in [-0.4, -0.2) is 29.8 Å². The van der Waals surface area contributed by atoms with Gasteiger partial charge in [-0.2, -0.15) is 0 Å². The van der Waals surface area contributed by atoms with Crippen molar-refractivity contribution in [2.75, 3.05) is 13.6 Å². The van der Waals surface area contributed by atoms with E-state index in [9.17, 15) is 4.79 Å². The zero-order valence-electron chi connectivity index (χ0n) is 10.5. The molecule has 2 saturated carbocycles. The van der Waals surface area contributed by atoms with Gasteiger partial charge in [-0.15, -0.1) is 0 Å². The number of fused-ring (bicyclic) bond motifs is 2. The maximum Gasteiger partial charge on any atom is 0.153 e. The van der Waals surface area contributed by atoms with E-state index in [1.807, 2.05) is 0 Å². The lowest BCUT2D eigenvalue weighted by molar-refractivity contribution is -0.131. The Kier molecular flexibility index (Phi) is 2.45. The van der Waals surface area contributed by atoms with E-state index in [0.717, 1.165) is 25.8 Å². The van der Waals surface area contributed by atoms with Crippen LogP contribution in [-0.2, 0) is 4.79 Å². The van der Waals surface area contributed by atoms with Gasteiger partial charge in [0.2, 0.25) is 0 Å². The molecule has 15 heavy (non-hydrogen) atoms. The summed E-state index contributed by atoms with van der Waals surface area (Å²) in [5.41, 5.74) is 0.0572. The van der Waals surface area contributed by atoms with E-state index in [2.05, 4.69) is 32.7 Å². The number of hydrogen-bond donors (Lipinski definition) is 0. The topological polar surface area (TPSA) is 20.3 Å². The summed E-state index contributed by atoms with van der Waals surface area (Å²) < 4.78 is 0. The van der Waals surface area contributed by atoms with Crippen LogP contribution in [0.5, 0.6) is 0 Å². The Balaban J connectivity index is 2.35. The van der Waals surface area contributed by atoms with E-state index >= 15 is 0 Å². The molecule has 86 valence electrons. The van der Waals surface area contributed by atoms with Crippen molar-refractivity contribution in [1.82, 2.24) is 4.90 Å². The molecular formula is C13H23NO. The Hall–Kier alpha value is -0.370. The molecule has 0 saturated heterocycles. The van der Waals surface area contributed by atoms with Gasteiger partial charge < -0.3 is 0 Å². The molecule has 0 aromatic rings. The molecule has 2 atom stereocenters. The molecule has 0 aliphatic heterocycles. The summed E-state index contributed by atoms with van der Waals surface area (Å²) in [6, 6.07) is 0. The molecule has 0 aromatic heterocycles. The minimum Gasteiger partial charge on any atom is -0.298 e. The van der Waals surface area contributed by atoms with Gasteiger partial charge in [0.05, 0.1) is 5.54 Å². The number of hydrogen-bond acceptors (Lipinski definition) is 2. The van der Waals surface area contributed by atoms with Crippen LogP contribution in [0.4, 0.5) is 0 Å². The fraction of sp³-hybridized carbons (Fsp3) is 0.923. The summed E-state index contributed by atoms with van der Waals surface area (Å²) in [5, 5.41) is 0. The van der Waals surface area contributed by atoms with Gasteiger partial charge in [-0.25, -0.2) is 0 Å². The third kappa shape index (κ3) is 1.17. The second-order valence-corrected chi connectivity index (χ2v) is 5.87. The van der Waals surface area contributed by atoms with Gasteiger partial charge in [0.1, 0.15) is 0 Å². The molecule has 0 spiro atoms. The highest BCUT2D eigenvalue weighted by atomic mass is 16.1. The first-order valence-electron chi connectivity index (χ1n) is 6.21. The number of carbonyl (C=O) groups is 1. The molecule has 0 radical (unpaired) electrons. The standard InChI is InChI=1S/C13H23NO/c1-5-8-14(4)13-7-6-10(9-11(13)15)12(13,2)3/h10H,5-9H2,1-4H3. The molecule has 0 heterocycles. The lowest BCUT2D eigenvalue weighted by Gasteiger charge is -2.44. The Morgan fingerprint density at radius 3 is 2.53 bits per heavy atom. The van der Waals surface area contributed by atoms with Crippen molar-refractivity contribution in [3.63, 3.8) is 0 Å². The average Bonchev–Trinajstić information content (AvgIpc) is 2.51. The fourth-order valence-electron chi connectivity index (χ4n) is 4.07. The van der Waals surface area contributed by atoms with Crippen molar-refractivity contribution in [3.8, 4) is 0 Å². The zero-order valence-corrected chi connectivity index (χ0v) is 10.5. The van der Waals surface area contributed by atoms with Gasteiger partial charge in [0.15, 0.2) is 5.78 Å². The summed E-state index contributed by atoms with van der Waals surface area (Å²) in [4.78, 5) is 14.6. The Bertz CT molecular complexity index is 284. The molecule has 2 bridgehead atoms. The van der Waals surface area contributed by atoms with Crippen LogP contribution in [0.25, 0.3) is 0 Å². The summed E-state index contributed by atoms with van der Waals surface area (Å²) in [6.45, 7) is 7.82. The highest BCUT2D eigenvalue weighted by Gasteiger charge is 2.65. The van der Waals surface area contributed by atoms with Crippen LogP contribution < -0.4 is 0 Å². The summed E-state index contributed by atoms with van der Waals surface area (Å²) in [6.07, 6.45) is 4.28. The molecule has 0 N–H and O–H groups in total. The number of carbonyl (C=O) groups excluding carboxylic acids is 1. The predicted octanol–water partition coefficient (Wildman–Crippen LogP) is 2.48. The van der Waals surface area contributed by atoms with E-state index in [4.69, 9.17) is 0 Å². The molecule has 2 aliphatic rings. The van der Waals surface area contributed by atoms with Crippen molar-refractivity contribution in [2.24, 2.45) is 11.3 Å². The van der Waals surface area contributed by atoms with Gasteiger partial charge in [-0.3, -0.25) is 9.69 Å². The van der Waals surface area contributed by atoms with Crippen molar-refractivity contribution in [2.45, 2.75) is 52.0 Å². The van der Waals surface area contributed by atoms with Crippen LogP contribution >= 0.6 is 0 Å². The molecule has 0 amide bonds. The van der Waals surface area contributed by atoms with Crippen LogP contribution in [0.15, 0.2) is 0 Å². The van der Waals surface area contributed by atoms with Crippen LogP contribution in [0.2, 0.25) is 0 Å². The first kappa shape index (κ1) is 11.1. The SMILES string of the molecule is CCCN(C)C12CCC(CC1=O)C2(C)C. The second kappa shape index (κ2) is 3.31. The molecule has 0 aromatic carbocycles. The highest BCUT2D eigenvalue weighted by Crippen LogP contribution is 2.60. The predicted molar refractivity (Wildman–Crippen MR) is 61.8 cm³/mol. The monoisotopic (exact) mass is 209 g/mol. The maximum atomic E-state index is 12.2. The number of likely N-dealkylation sites (N-methyl/N-ethyl adjacent to an activating group) is 1. The Labute approximate surface area is 93.0 Å². The van der Waals surface area contributed by atoms with Gasteiger partial charge in [0, 0.05) is 6.42 Å². The summed E-state index contributed by atoms with van der Waals surface area (Å²) in [7, 11) is 2.14. The average molecular weight is 209 g/mol. The Morgan fingerprint density at radius 2 is 2.13 bits per heavy atom.